The highest BCUT2D eigenvalue weighted by molar-refractivity contribution is 6.00. The van der Waals surface area contributed by atoms with Gasteiger partial charge in [-0.1, -0.05) is 32.0 Å². The monoisotopic (exact) mass is 485 g/mol. The van der Waals surface area contributed by atoms with E-state index in [1.807, 2.05) is 32.0 Å². The third-order valence-electron chi connectivity index (χ3n) is 6.57. The molecule has 2 aliphatic rings. The maximum atomic E-state index is 13.2. The number of anilines is 1. The van der Waals surface area contributed by atoms with Crippen LogP contribution in [0.3, 0.4) is 0 Å². The van der Waals surface area contributed by atoms with E-state index in [1.165, 1.54) is 0 Å². The lowest BCUT2D eigenvalue weighted by Crippen LogP contribution is -2.61. The zero-order valence-corrected chi connectivity index (χ0v) is 21.2. The molecule has 1 aromatic carbocycles. The van der Waals surface area contributed by atoms with Crippen LogP contribution in [0.2, 0.25) is 0 Å². The second kappa shape index (κ2) is 11.7. The minimum atomic E-state index is -1.26. The van der Waals surface area contributed by atoms with Gasteiger partial charge in [0.1, 0.15) is 17.6 Å². The highest BCUT2D eigenvalue weighted by atomic mass is 16.2. The number of rotatable bonds is 9. The zero-order chi connectivity index (χ0) is 25.6. The number of likely N-dealkylation sites (tertiary alicyclic amines) is 1. The first-order valence-corrected chi connectivity index (χ1v) is 12.6. The fourth-order valence-corrected chi connectivity index (χ4v) is 4.64. The topological polar surface area (TPSA) is 120 Å². The third kappa shape index (κ3) is 7.04. The van der Waals surface area contributed by atoms with E-state index in [0.29, 0.717) is 25.1 Å². The molecule has 2 fully saturated rings. The molecule has 0 aliphatic carbocycles. The molecule has 2 saturated heterocycles. The predicted molar refractivity (Wildman–Crippen MR) is 134 cm³/mol. The van der Waals surface area contributed by atoms with Crippen molar-refractivity contribution in [1.29, 1.82) is 0 Å². The first-order valence-electron chi connectivity index (χ1n) is 12.6. The quantitative estimate of drug-likeness (QED) is 0.425. The Kier molecular flexibility index (Phi) is 8.88. The molecule has 2 aliphatic heterocycles. The smallest absolute Gasteiger partial charge is 0.246 e. The average Bonchev–Trinajstić information content (AvgIpc) is 3.50. The van der Waals surface area contributed by atoms with Crippen LogP contribution in [0.5, 0.6) is 0 Å². The summed E-state index contributed by atoms with van der Waals surface area (Å²) in [6.07, 6.45) is 3.49. The van der Waals surface area contributed by atoms with Crippen LogP contribution in [0, 0.1) is 5.92 Å². The third-order valence-corrected chi connectivity index (χ3v) is 6.57. The largest absolute Gasteiger partial charge is 0.342 e. The summed E-state index contributed by atoms with van der Waals surface area (Å²) < 4.78 is 0. The Morgan fingerprint density at radius 3 is 2.43 bits per heavy atom. The van der Waals surface area contributed by atoms with Gasteiger partial charge in [-0.15, -0.1) is 0 Å². The predicted octanol–water partition coefficient (Wildman–Crippen LogP) is 1.79. The van der Waals surface area contributed by atoms with Crippen LogP contribution in [0.25, 0.3) is 0 Å². The number of carbonyl (C=O) groups is 4. The summed E-state index contributed by atoms with van der Waals surface area (Å²) in [6.45, 7) is 8.53. The SMILES string of the molecule is CC(C)C[C@@H](NC(=O)C(C)(C)NC(=O)[C@@H]1CCCN1C(=O)[C@H]1CCCN1)C(=O)Nc1ccccc1. The van der Waals surface area contributed by atoms with Crippen molar-refractivity contribution in [2.24, 2.45) is 5.92 Å². The van der Waals surface area contributed by atoms with Crippen LogP contribution >= 0.6 is 0 Å². The Hall–Kier alpha value is -2.94. The molecule has 4 amide bonds. The summed E-state index contributed by atoms with van der Waals surface area (Å²) in [4.78, 5) is 53.8. The molecule has 3 rings (SSSR count). The van der Waals surface area contributed by atoms with Crippen LogP contribution in [-0.2, 0) is 19.2 Å². The number of nitrogens with one attached hydrogen (secondary N) is 4. The number of hydrogen-bond donors (Lipinski definition) is 4. The summed E-state index contributed by atoms with van der Waals surface area (Å²) in [5.41, 5.74) is -0.613. The Morgan fingerprint density at radius 1 is 1.09 bits per heavy atom. The van der Waals surface area contributed by atoms with Crippen LogP contribution in [0.4, 0.5) is 5.69 Å². The van der Waals surface area contributed by atoms with E-state index in [0.717, 1.165) is 25.8 Å². The van der Waals surface area contributed by atoms with Crippen molar-refractivity contribution in [3.8, 4) is 0 Å². The molecule has 2 heterocycles. The molecule has 0 aromatic heterocycles. The van der Waals surface area contributed by atoms with E-state index in [9.17, 15) is 19.2 Å². The minimum absolute atomic E-state index is 0.0445. The molecule has 0 saturated carbocycles. The van der Waals surface area contributed by atoms with Crippen molar-refractivity contribution in [1.82, 2.24) is 20.9 Å². The number of hydrogen-bond acceptors (Lipinski definition) is 5. The van der Waals surface area contributed by atoms with E-state index in [1.54, 1.807) is 30.9 Å². The van der Waals surface area contributed by atoms with Crippen molar-refractivity contribution in [3.05, 3.63) is 30.3 Å². The number of benzene rings is 1. The average molecular weight is 486 g/mol. The van der Waals surface area contributed by atoms with Crippen LogP contribution in [-0.4, -0.2) is 65.3 Å². The molecule has 192 valence electrons. The lowest BCUT2D eigenvalue weighted by Gasteiger charge is -2.32. The Labute approximate surface area is 207 Å². The van der Waals surface area contributed by atoms with Gasteiger partial charge in [-0.2, -0.15) is 0 Å². The fourth-order valence-electron chi connectivity index (χ4n) is 4.64. The van der Waals surface area contributed by atoms with Crippen LogP contribution < -0.4 is 21.3 Å². The molecule has 0 bridgehead atoms. The maximum absolute atomic E-state index is 13.2. The van der Waals surface area contributed by atoms with Crippen molar-refractivity contribution < 1.29 is 19.2 Å². The van der Waals surface area contributed by atoms with E-state index in [-0.39, 0.29) is 29.7 Å². The standard InChI is InChI=1S/C26H39N5O4/c1-17(2)16-20(22(32)28-18-10-6-5-7-11-18)29-25(35)26(3,4)30-23(33)21-13-9-15-31(21)24(34)19-12-8-14-27-19/h5-7,10-11,17,19-21,27H,8-9,12-16H2,1-4H3,(H,28,32)(H,29,35)(H,30,33)/t19-,20-,21+/m1/s1. The summed E-state index contributed by atoms with van der Waals surface area (Å²) >= 11 is 0. The van der Waals surface area contributed by atoms with Crippen LogP contribution in [0.1, 0.15) is 59.8 Å². The van der Waals surface area contributed by atoms with Gasteiger partial charge in [0.2, 0.25) is 23.6 Å². The summed E-state index contributed by atoms with van der Waals surface area (Å²) in [7, 11) is 0. The number of amides is 4. The van der Waals surface area contributed by atoms with Crippen molar-refractivity contribution >= 4 is 29.3 Å². The fraction of sp³-hybridized carbons (Fsp3) is 0.615. The molecule has 0 spiro atoms. The Morgan fingerprint density at radius 2 is 1.80 bits per heavy atom. The van der Waals surface area contributed by atoms with Crippen molar-refractivity contribution in [3.63, 3.8) is 0 Å². The summed E-state index contributed by atoms with van der Waals surface area (Å²) in [5.74, 6) is -0.980. The summed E-state index contributed by atoms with van der Waals surface area (Å²) in [6, 6.07) is 7.49. The molecule has 0 radical (unpaired) electrons. The van der Waals surface area contributed by atoms with Crippen molar-refractivity contribution in [2.45, 2.75) is 83.5 Å². The van der Waals surface area contributed by atoms with E-state index in [2.05, 4.69) is 21.3 Å². The van der Waals surface area contributed by atoms with Gasteiger partial charge in [0.25, 0.3) is 0 Å². The van der Waals surface area contributed by atoms with Gasteiger partial charge in [-0.05, 0) is 70.5 Å². The second-order valence-corrected chi connectivity index (χ2v) is 10.5. The zero-order valence-electron chi connectivity index (χ0n) is 21.2. The normalized spacial score (nSPS) is 21.0. The molecule has 4 N–H and O–H groups in total. The van der Waals surface area contributed by atoms with E-state index >= 15 is 0 Å². The van der Waals surface area contributed by atoms with Gasteiger partial charge >= 0.3 is 0 Å². The molecule has 9 nitrogen and oxygen atoms in total. The van der Waals surface area contributed by atoms with Crippen molar-refractivity contribution in [2.75, 3.05) is 18.4 Å². The van der Waals surface area contributed by atoms with Gasteiger partial charge in [-0.25, -0.2) is 0 Å². The lowest BCUT2D eigenvalue weighted by atomic mass is 9.99. The second-order valence-electron chi connectivity index (χ2n) is 10.5. The molecule has 0 unspecified atom stereocenters. The van der Waals surface area contributed by atoms with Crippen LogP contribution in [0.15, 0.2) is 30.3 Å². The first kappa shape index (κ1) is 26.7. The van der Waals surface area contributed by atoms with E-state index < -0.39 is 23.5 Å². The highest BCUT2D eigenvalue weighted by Crippen LogP contribution is 2.22. The number of nitrogens with zero attached hydrogens (tertiary/aromatic N) is 1. The van der Waals surface area contributed by atoms with Gasteiger partial charge in [0, 0.05) is 12.2 Å². The van der Waals surface area contributed by atoms with E-state index in [4.69, 9.17) is 0 Å². The van der Waals surface area contributed by atoms with Gasteiger partial charge < -0.3 is 26.2 Å². The van der Waals surface area contributed by atoms with Gasteiger partial charge in [0.05, 0.1) is 6.04 Å². The highest BCUT2D eigenvalue weighted by Gasteiger charge is 2.41. The molecular weight excluding hydrogens is 446 g/mol. The maximum Gasteiger partial charge on any atom is 0.246 e. The number of para-hydroxylation sites is 1. The number of carbonyl (C=O) groups excluding carboxylic acids is 4. The molecule has 9 heteroatoms. The molecule has 35 heavy (non-hydrogen) atoms. The van der Waals surface area contributed by atoms with Gasteiger partial charge in [0.15, 0.2) is 0 Å². The summed E-state index contributed by atoms with van der Waals surface area (Å²) in [5, 5.41) is 11.7. The Bertz CT molecular complexity index is 912. The molecular formula is C26H39N5O4. The first-order chi connectivity index (χ1) is 16.6. The van der Waals surface area contributed by atoms with Gasteiger partial charge in [-0.3, -0.25) is 19.2 Å². The minimum Gasteiger partial charge on any atom is -0.342 e. The molecule has 3 atom stereocenters. The Balaban J connectivity index is 1.63. The molecule has 1 aromatic rings. The lowest BCUT2D eigenvalue weighted by molar-refractivity contribution is -0.142.